The predicted octanol–water partition coefficient (Wildman–Crippen LogP) is 3.38. The molecule has 178 valence electrons. The van der Waals surface area contributed by atoms with Crippen molar-refractivity contribution < 1.29 is 23.2 Å². The van der Waals surface area contributed by atoms with Gasteiger partial charge in [0.1, 0.15) is 11.4 Å². The third-order valence-corrected chi connectivity index (χ3v) is 5.38. The number of nitrogens with one attached hydrogen (secondary N) is 2. The van der Waals surface area contributed by atoms with Crippen molar-refractivity contribution in [3.05, 3.63) is 100 Å². The van der Waals surface area contributed by atoms with Crippen molar-refractivity contribution in [3.8, 4) is 0 Å². The molecule has 10 heteroatoms. The largest absolute Gasteiger partial charge is 0.347 e. The second kappa shape index (κ2) is 9.80. The van der Waals surface area contributed by atoms with Crippen LogP contribution in [0, 0.1) is 18.6 Å². The molecule has 0 aliphatic rings. The second-order valence-corrected chi connectivity index (χ2v) is 7.95. The lowest BCUT2D eigenvalue weighted by atomic mass is 10.0. The SMILES string of the molecule is CC(=O)c1ccc(CNC(=O)c2cc(C(=O)NCc3ccc(F)c(F)c3)nc3ccnn23)cc1C. The van der Waals surface area contributed by atoms with E-state index in [1.54, 1.807) is 18.2 Å². The minimum absolute atomic E-state index is 0.0348. The van der Waals surface area contributed by atoms with E-state index in [2.05, 4.69) is 20.7 Å². The van der Waals surface area contributed by atoms with Gasteiger partial charge in [0.05, 0.1) is 6.20 Å². The molecule has 4 aromatic rings. The van der Waals surface area contributed by atoms with Crippen molar-refractivity contribution in [3.63, 3.8) is 0 Å². The summed E-state index contributed by atoms with van der Waals surface area (Å²) in [5, 5.41) is 9.47. The number of rotatable bonds is 7. The summed E-state index contributed by atoms with van der Waals surface area (Å²) in [4.78, 5) is 41.5. The molecule has 4 rings (SSSR count). The molecule has 0 aliphatic carbocycles. The summed E-state index contributed by atoms with van der Waals surface area (Å²) in [5.41, 5.74) is 2.94. The summed E-state index contributed by atoms with van der Waals surface area (Å²) in [7, 11) is 0. The van der Waals surface area contributed by atoms with Crippen molar-refractivity contribution in [2.45, 2.75) is 26.9 Å². The molecule has 0 unspecified atom stereocenters. The maximum Gasteiger partial charge on any atom is 0.270 e. The van der Waals surface area contributed by atoms with Crippen molar-refractivity contribution >= 4 is 23.2 Å². The number of benzene rings is 2. The summed E-state index contributed by atoms with van der Waals surface area (Å²) in [6.45, 7) is 3.46. The number of ketones is 1. The van der Waals surface area contributed by atoms with E-state index in [1.165, 1.54) is 29.8 Å². The van der Waals surface area contributed by atoms with Crippen molar-refractivity contribution in [2.24, 2.45) is 0 Å². The molecular formula is C25H21F2N5O3. The quantitative estimate of drug-likeness (QED) is 0.397. The zero-order chi connectivity index (χ0) is 25.1. The lowest BCUT2D eigenvalue weighted by Crippen LogP contribution is -2.28. The van der Waals surface area contributed by atoms with Crippen molar-refractivity contribution in [2.75, 3.05) is 0 Å². The minimum Gasteiger partial charge on any atom is -0.347 e. The van der Waals surface area contributed by atoms with Gasteiger partial charge in [0, 0.05) is 30.8 Å². The fourth-order valence-corrected chi connectivity index (χ4v) is 3.62. The van der Waals surface area contributed by atoms with Crippen LogP contribution >= 0.6 is 0 Å². The van der Waals surface area contributed by atoms with Gasteiger partial charge in [0.15, 0.2) is 23.1 Å². The Labute approximate surface area is 199 Å². The molecule has 0 atom stereocenters. The number of halogens is 2. The molecule has 2 N–H and O–H groups in total. The van der Waals surface area contributed by atoms with E-state index in [4.69, 9.17) is 0 Å². The van der Waals surface area contributed by atoms with E-state index in [0.717, 1.165) is 23.3 Å². The molecule has 2 heterocycles. The molecule has 0 aliphatic heterocycles. The van der Waals surface area contributed by atoms with Crippen LogP contribution in [0.3, 0.4) is 0 Å². The molecule has 2 aromatic carbocycles. The van der Waals surface area contributed by atoms with Crippen LogP contribution in [0.1, 0.15) is 54.9 Å². The number of hydrogen-bond donors (Lipinski definition) is 2. The molecule has 0 radical (unpaired) electrons. The Balaban J connectivity index is 1.50. The number of nitrogens with zero attached hydrogens (tertiary/aromatic N) is 3. The number of hydrogen-bond acceptors (Lipinski definition) is 5. The Bertz CT molecular complexity index is 1470. The molecule has 0 saturated heterocycles. The van der Waals surface area contributed by atoms with E-state index < -0.39 is 23.4 Å². The van der Waals surface area contributed by atoms with Gasteiger partial charge in [-0.2, -0.15) is 5.10 Å². The van der Waals surface area contributed by atoms with E-state index >= 15 is 0 Å². The number of carbonyl (C=O) groups is 3. The molecule has 2 aromatic heterocycles. The lowest BCUT2D eigenvalue weighted by Gasteiger charge is -2.11. The highest BCUT2D eigenvalue weighted by Gasteiger charge is 2.18. The second-order valence-electron chi connectivity index (χ2n) is 7.95. The fraction of sp³-hybridized carbons (Fsp3) is 0.160. The standard InChI is InChI=1S/C25H21F2N5O3/c1-14-9-16(3-5-18(14)15(2)33)12-29-25(35)22-11-21(31-23-7-8-30-32(22)23)24(34)28-13-17-4-6-19(26)20(27)10-17/h3-11H,12-13H2,1-2H3,(H,28,34)(H,29,35). The number of aryl methyl sites for hydroxylation is 1. The topological polar surface area (TPSA) is 105 Å². The van der Waals surface area contributed by atoms with Crippen LogP contribution in [-0.2, 0) is 13.1 Å². The lowest BCUT2D eigenvalue weighted by molar-refractivity contribution is 0.0940. The summed E-state index contributed by atoms with van der Waals surface area (Å²) >= 11 is 0. The number of Topliss-reactive ketones (excluding diaryl/α,β-unsaturated/α-hetero) is 1. The normalized spacial score (nSPS) is 10.9. The molecule has 35 heavy (non-hydrogen) atoms. The Kier molecular flexibility index (Phi) is 6.63. The Morgan fingerprint density at radius 2 is 1.57 bits per heavy atom. The smallest absolute Gasteiger partial charge is 0.270 e. The van der Waals surface area contributed by atoms with Crippen LogP contribution < -0.4 is 10.6 Å². The average molecular weight is 477 g/mol. The van der Waals surface area contributed by atoms with Gasteiger partial charge in [-0.05, 0) is 42.7 Å². The summed E-state index contributed by atoms with van der Waals surface area (Å²) in [6, 6.07) is 11.5. The highest BCUT2D eigenvalue weighted by Crippen LogP contribution is 2.13. The van der Waals surface area contributed by atoms with Gasteiger partial charge in [-0.1, -0.05) is 24.3 Å². The predicted molar refractivity (Wildman–Crippen MR) is 123 cm³/mol. The van der Waals surface area contributed by atoms with E-state index in [-0.39, 0.29) is 35.9 Å². The van der Waals surface area contributed by atoms with Gasteiger partial charge in [0.25, 0.3) is 11.8 Å². The first kappa shape index (κ1) is 23.7. The highest BCUT2D eigenvalue weighted by molar-refractivity contribution is 5.98. The average Bonchev–Trinajstić information content (AvgIpc) is 3.31. The molecule has 0 spiro atoms. The Morgan fingerprint density at radius 1 is 0.886 bits per heavy atom. The first-order valence-corrected chi connectivity index (χ1v) is 10.7. The first-order chi connectivity index (χ1) is 16.7. The van der Waals surface area contributed by atoms with Crippen molar-refractivity contribution in [1.82, 2.24) is 25.2 Å². The molecule has 8 nitrogen and oxygen atoms in total. The summed E-state index contributed by atoms with van der Waals surface area (Å²) in [5.74, 6) is -3.10. The van der Waals surface area contributed by atoms with Crippen LogP contribution in [-0.4, -0.2) is 32.2 Å². The summed E-state index contributed by atoms with van der Waals surface area (Å²) in [6.07, 6.45) is 1.45. The zero-order valence-corrected chi connectivity index (χ0v) is 18.9. The number of amides is 2. The minimum atomic E-state index is -1.01. The maximum absolute atomic E-state index is 13.4. The van der Waals surface area contributed by atoms with Crippen LogP contribution in [0.4, 0.5) is 8.78 Å². The van der Waals surface area contributed by atoms with Gasteiger partial charge in [0.2, 0.25) is 0 Å². The van der Waals surface area contributed by atoms with Gasteiger partial charge in [-0.15, -0.1) is 0 Å². The molecular weight excluding hydrogens is 456 g/mol. The highest BCUT2D eigenvalue weighted by atomic mass is 19.2. The Morgan fingerprint density at radius 3 is 2.26 bits per heavy atom. The fourth-order valence-electron chi connectivity index (χ4n) is 3.62. The third kappa shape index (κ3) is 5.21. The van der Waals surface area contributed by atoms with Gasteiger partial charge >= 0.3 is 0 Å². The molecule has 0 fully saturated rings. The van der Waals surface area contributed by atoms with Crippen LogP contribution in [0.2, 0.25) is 0 Å². The number of aromatic nitrogens is 3. The van der Waals surface area contributed by atoms with Gasteiger partial charge < -0.3 is 10.6 Å². The molecule has 2 amide bonds. The Hall–Kier alpha value is -4.47. The van der Waals surface area contributed by atoms with Crippen molar-refractivity contribution in [1.29, 1.82) is 0 Å². The van der Waals surface area contributed by atoms with Crippen LogP contribution in [0.15, 0.2) is 54.7 Å². The number of carbonyl (C=O) groups excluding carboxylic acids is 3. The summed E-state index contributed by atoms with van der Waals surface area (Å²) < 4.78 is 27.8. The van der Waals surface area contributed by atoms with E-state index in [9.17, 15) is 23.2 Å². The number of fused-ring (bicyclic) bond motifs is 1. The van der Waals surface area contributed by atoms with Gasteiger partial charge in [-0.25, -0.2) is 18.3 Å². The van der Waals surface area contributed by atoms with Crippen LogP contribution in [0.25, 0.3) is 5.65 Å². The monoisotopic (exact) mass is 477 g/mol. The first-order valence-electron chi connectivity index (χ1n) is 10.7. The van der Waals surface area contributed by atoms with Gasteiger partial charge in [-0.3, -0.25) is 14.4 Å². The van der Waals surface area contributed by atoms with Crippen LogP contribution in [0.5, 0.6) is 0 Å². The third-order valence-electron chi connectivity index (χ3n) is 5.38. The zero-order valence-electron chi connectivity index (χ0n) is 18.9. The maximum atomic E-state index is 13.4. The van der Waals surface area contributed by atoms with E-state index in [0.29, 0.717) is 11.1 Å². The molecule has 0 bridgehead atoms. The van der Waals surface area contributed by atoms with E-state index in [1.807, 2.05) is 13.0 Å². The molecule has 0 saturated carbocycles.